The van der Waals surface area contributed by atoms with Crippen LogP contribution < -0.4 is 5.32 Å². The third-order valence-corrected chi connectivity index (χ3v) is 3.92. The summed E-state index contributed by atoms with van der Waals surface area (Å²) in [5.41, 5.74) is -0.132. The van der Waals surface area contributed by atoms with Gasteiger partial charge in [-0.05, 0) is 18.2 Å². The van der Waals surface area contributed by atoms with Crippen LogP contribution in [-0.4, -0.2) is 22.6 Å². The Hall–Kier alpha value is -3.16. The quantitative estimate of drug-likeness (QED) is 0.722. The number of amides is 1. The first-order valence-corrected chi connectivity index (χ1v) is 8.19. The number of alkyl halides is 3. The Balaban J connectivity index is 1.63. The van der Waals surface area contributed by atoms with Crippen LogP contribution in [0.4, 0.5) is 13.2 Å². The predicted octanol–water partition coefficient (Wildman–Crippen LogP) is 4.29. The lowest BCUT2D eigenvalue weighted by atomic mass is 10.1. The van der Waals surface area contributed by atoms with Crippen molar-refractivity contribution in [2.24, 2.45) is 0 Å². The van der Waals surface area contributed by atoms with Crippen LogP contribution in [0.3, 0.4) is 0 Å². The van der Waals surface area contributed by atoms with E-state index in [2.05, 4.69) is 15.5 Å². The number of hydrogen-bond acceptors (Lipinski definition) is 4. The number of aromatic nitrogens is 2. The van der Waals surface area contributed by atoms with Crippen LogP contribution in [0.25, 0.3) is 11.4 Å². The van der Waals surface area contributed by atoms with Crippen LogP contribution in [0.15, 0.2) is 59.1 Å². The minimum absolute atomic E-state index is 0.0625. The van der Waals surface area contributed by atoms with Crippen molar-refractivity contribution in [2.75, 3.05) is 6.54 Å². The summed E-state index contributed by atoms with van der Waals surface area (Å²) < 4.78 is 43.5. The molecule has 1 N–H and O–H groups in total. The minimum atomic E-state index is -4.50. The number of nitrogens with one attached hydrogen (secondary N) is 1. The van der Waals surface area contributed by atoms with Crippen molar-refractivity contribution in [3.05, 3.63) is 71.6 Å². The maximum Gasteiger partial charge on any atom is 0.416 e. The highest BCUT2D eigenvalue weighted by Crippen LogP contribution is 2.29. The Kier molecular flexibility index (Phi) is 5.25. The zero-order valence-corrected chi connectivity index (χ0v) is 14.3. The lowest BCUT2D eigenvalue weighted by molar-refractivity contribution is -0.137. The molecule has 1 atom stereocenters. The summed E-state index contributed by atoms with van der Waals surface area (Å²) in [4.78, 5) is 16.4. The second-order valence-electron chi connectivity index (χ2n) is 6.01. The maximum atomic E-state index is 12.7. The van der Waals surface area contributed by atoms with Gasteiger partial charge in [-0.25, -0.2) is 0 Å². The molecule has 0 aliphatic heterocycles. The average molecular weight is 375 g/mol. The van der Waals surface area contributed by atoms with Gasteiger partial charge in [0.15, 0.2) is 0 Å². The Morgan fingerprint density at radius 2 is 1.89 bits per heavy atom. The van der Waals surface area contributed by atoms with E-state index in [4.69, 9.17) is 4.52 Å². The number of nitrogens with zero attached hydrogens (tertiary/aromatic N) is 2. The van der Waals surface area contributed by atoms with Crippen LogP contribution in [-0.2, 0) is 6.18 Å². The number of halogens is 3. The minimum Gasteiger partial charge on any atom is -0.351 e. The van der Waals surface area contributed by atoms with Crippen molar-refractivity contribution in [2.45, 2.75) is 19.0 Å². The highest BCUT2D eigenvalue weighted by molar-refractivity contribution is 5.94. The van der Waals surface area contributed by atoms with E-state index in [0.29, 0.717) is 11.7 Å². The van der Waals surface area contributed by atoms with Crippen LogP contribution in [0.1, 0.15) is 34.7 Å². The van der Waals surface area contributed by atoms with E-state index in [1.807, 2.05) is 30.3 Å². The molecule has 1 heterocycles. The molecule has 3 aromatic rings. The lowest BCUT2D eigenvalue weighted by Crippen LogP contribution is -2.27. The summed E-state index contributed by atoms with van der Waals surface area (Å²) >= 11 is 0. The monoisotopic (exact) mass is 375 g/mol. The largest absolute Gasteiger partial charge is 0.416 e. The zero-order chi connectivity index (χ0) is 19.4. The summed E-state index contributed by atoms with van der Waals surface area (Å²) in [6, 6.07) is 13.5. The molecule has 8 heteroatoms. The molecular weight excluding hydrogens is 359 g/mol. The standard InChI is InChI=1S/C19H16F3N3O2/c1-12(18-24-16(25-27-18)13-6-3-2-4-7-13)11-23-17(26)14-8-5-9-15(10-14)19(20,21)22/h2-10,12H,11H2,1H3,(H,23,26). The lowest BCUT2D eigenvalue weighted by Gasteiger charge is -2.11. The molecule has 140 valence electrons. The molecule has 0 radical (unpaired) electrons. The Morgan fingerprint density at radius 1 is 1.15 bits per heavy atom. The number of hydrogen-bond donors (Lipinski definition) is 1. The fourth-order valence-corrected chi connectivity index (χ4v) is 2.41. The summed E-state index contributed by atoms with van der Waals surface area (Å²) in [7, 11) is 0. The first kappa shape index (κ1) is 18.6. The van der Waals surface area contributed by atoms with Gasteiger partial charge in [0.2, 0.25) is 11.7 Å². The summed E-state index contributed by atoms with van der Waals surface area (Å²) in [6.45, 7) is 1.92. The van der Waals surface area contributed by atoms with E-state index in [1.165, 1.54) is 12.1 Å². The molecule has 0 aliphatic carbocycles. The predicted molar refractivity (Wildman–Crippen MR) is 91.9 cm³/mol. The van der Waals surface area contributed by atoms with Gasteiger partial charge in [0.05, 0.1) is 11.5 Å². The van der Waals surface area contributed by atoms with Gasteiger partial charge in [0.1, 0.15) is 0 Å². The third kappa shape index (κ3) is 4.52. The first-order valence-electron chi connectivity index (χ1n) is 8.19. The maximum absolute atomic E-state index is 12.7. The second kappa shape index (κ2) is 7.61. The Labute approximate surface area is 153 Å². The highest BCUT2D eigenvalue weighted by Gasteiger charge is 2.31. The molecule has 0 fully saturated rings. The van der Waals surface area contributed by atoms with Crippen LogP contribution >= 0.6 is 0 Å². The molecule has 27 heavy (non-hydrogen) atoms. The van der Waals surface area contributed by atoms with E-state index >= 15 is 0 Å². The fraction of sp³-hybridized carbons (Fsp3) is 0.211. The van der Waals surface area contributed by atoms with Crippen molar-refractivity contribution < 1.29 is 22.5 Å². The molecule has 0 saturated carbocycles. The molecule has 0 aliphatic rings. The number of carbonyl (C=O) groups excluding carboxylic acids is 1. The van der Waals surface area contributed by atoms with E-state index in [-0.39, 0.29) is 18.0 Å². The van der Waals surface area contributed by atoms with Crippen molar-refractivity contribution in [1.82, 2.24) is 15.5 Å². The molecule has 0 spiro atoms. The van der Waals surface area contributed by atoms with Gasteiger partial charge in [0, 0.05) is 17.7 Å². The second-order valence-corrected chi connectivity index (χ2v) is 6.01. The van der Waals surface area contributed by atoms with Crippen LogP contribution in [0.5, 0.6) is 0 Å². The van der Waals surface area contributed by atoms with Gasteiger partial charge in [-0.15, -0.1) is 0 Å². The Morgan fingerprint density at radius 3 is 2.59 bits per heavy atom. The molecule has 1 aromatic heterocycles. The summed E-state index contributed by atoms with van der Waals surface area (Å²) in [5, 5.41) is 6.50. The third-order valence-electron chi connectivity index (χ3n) is 3.92. The van der Waals surface area contributed by atoms with Gasteiger partial charge < -0.3 is 9.84 Å². The normalized spacial score (nSPS) is 12.6. The SMILES string of the molecule is CC(CNC(=O)c1cccc(C(F)(F)F)c1)c1nc(-c2ccccc2)no1. The molecule has 1 unspecified atom stereocenters. The number of rotatable bonds is 5. The van der Waals surface area contributed by atoms with E-state index in [9.17, 15) is 18.0 Å². The smallest absolute Gasteiger partial charge is 0.351 e. The summed E-state index contributed by atoms with van der Waals surface area (Å²) in [6.07, 6.45) is -4.50. The summed E-state index contributed by atoms with van der Waals surface area (Å²) in [5.74, 6) is -0.139. The Bertz CT molecular complexity index is 923. The van der Waals surface area contributed by atoms with Crippen molar-refractivity contribution in [3.8, 4) is 11.4 Å². The van der Waals surface area contributed by atoms with Crippen molar-refractivity contribution in [1.29, 1.82) is 0 Å². The van der Waals surface area contributed by atoms with Crippen LogP contribution in [0, 0.1) is 0 Å². The first-order chi connectivity index (χ1) is 12.8. The van der Waals surface area contributed by atoms with Crippen molar-refractivity contribution >= 4 is 5.91 Å². The molecule has 3 rings (SSSR count). The fourth-order valence-electron chi connectivity index (χ4n) is 2.41. The topological polar surface area (TPSA) is 68.0 Å². The molecule has 5 nitrogen and oxygen atoms in total. The molecular formula is C19H16F3N3O2. The van der Waals surface area contributed by atoms with Gasteiger partial charge in [-0.3, -0.25) is 4.79 Å². The van der Waals surface area contributed by atoms with Gasteiger partial charge in [0.25, 0.3) is 5.91 Å². The van der Waals surface area contributed by atoms with Crippen molar-refractivity contribution in [3.63, 3.8) is 0 Å². The molecule has 2 aromatic carbocycles. The molecule has 1 amide bonds. The van der Waals surface area contributed by atoms with E-state index in [1.54, 1.807) is 6.92 Å². The highest BCUT2D eigenvalue weighted by atomic mass is 19.4. The number of carbonyl (C=O) groups is 1. The van der Waals surface area contributed by atoms with E-state index < -0.39 is 17.6 Å². The molecule has 0 bridgehead atoms. The van der Waals surface area contributed by atoms with Crippen LogP contribution in [0.2, 0.25) is 0 Å². The molecule has 0 saturated heterocycles. The van der Waals surface area contributed by atoms with Gasteiger partial charge in [-0.2, -0.15) is 18.2 Å². The van der Waals surface area contributed by atoms with Gasteiger partial charge >= 0.3 is 6.18 Å². The van der Waals surface area contributed by atoms with Gasteiger partial charge in [-0.1, -0.05) is 48.5 Å². The zero-order valence-electron chi connectivity index (χ0n) is 14.3. The number of benzene rings is 2. The average Bonchev–Trinajstić information content (AvgIpc) is 3.16. The van der Waals surface area contributed by atoms with E-state index in [0.717, 1.165) is 17.7 Å².